The van der Waals surface area contributed by atoms with E-state index < -0.39 is 0 Å². The summed E-state index contributed by atoms with van der Waals surface area (Å²) in [6.45, 7) is 0.929. The van der Waals surface area contributed by atoms with Crippen LogP contribution in [0.4, 0.5) is 10.8 Å². The van der Waals surface area contributed by atoms with Crippen molar-refractivity contribution < 1.29 is 0 Å². The molecule has 2 aromatic rings. The third-order valence-corrected chi connectivity index (χ3v) is 3.31. The van der Waals surface area contributed by atoms with E-state index in [9.17, 15) is 0 Å². The number of aromatic nitrogens is 1. The Morgan fingerprint density at radius 2 is 2.43 bits per heavy atom. The van der Waals surface area contributed by atoms with E-state index in [-0.39, 0.29) is 0 Å². The molecule has 5 heteroatoms. The second-order valence-corrected chi connectivity index (χ2v) is 4.51. The van der Waals surface area contributed by atoms with E-state index in [0.29, 0.717) is 5.82 Å². The molecule has 0 fully saturated rings. The highest BCUT2D eigenvalue weighted by molar-refractivity contribution is 7.10. The van der Waals surface area contributed by atoms with E-state index in [1.165, 1.54) is 17.1 Å². The van der Waals surface area contributed by atoms with Gasteiger partial charge in [-0.3, -0.25) is 0 Å². The zero-order valence-corrected chi connectivity index (χ0v) is 9.20. The smallest absolute Gasteiger partial charge is 0.139 e. The van der Waals surface area contributed by atoms with E-state index in [2.05, 4.69) is 26.5 Å². The molecule has 3 N–H and O–H groups in total. The summed E-state index contributed by atoms with van der Waals surface area (Å²) in [6, 6.07) is 4.01. The molecule has 0 aliphatic rings. The van der Waals surface area contributed by atoms with Crippen molar-refractivity contribution in [1.29, 1.82) is 0 Å². The van der Waals surface area contributed by atoms with Crippen molar-refractivity contribution in [3.63, 3.8) is 0 Å². The Balaban J connectivity index is 1.78. The van der Waals surface area contributed by atoms with Crippen molar-refractivity contribution in [2.45, 2.75) is 6.42 Å². The summed E-state index contributed by atoms with van der Waals surface area (Å²) in [6.07, 6.45) is 1.04. The lowest BCUT2D eigenvalue weighted by atomic mass is 10.2. The van der Waals surface area contributed by atoms with Gasteiger partial charge in [-0.1, -0.05) is 0 Å². The van der Waals surface area contributed by atoms with Crippen LogP contribution in [0.25, 0.3) is 0 Å². The van der Waals surface area contributed by atoms with Crippen LogP contribution in [-0.4, -0.2) is 10.9 Å². The number of hydrogen-bond donors (Lipinski definition) is 2. The summed E-state index contributed by atoms with van der Waals surface area (Å²) in [4.78, 5) is 0. The van der Waals surface area contributed by atoms with Crippen molar-refractivity contribution in [2.24, 2.45) is 0 Å². The van der Waals surface area contributed by atoms with Crippen molar-refractivity contribution in [1.82, 2.24) is 4.37 Å². The van der Waals surface area contributed by atoms with Crippen LogP contribution in [-0.2, 0) is 6.42 Å². The third-order valence-electron chi connectivity index (χ3n) is 1.82. The van der Waals surface area contributed by atoms with Gasteiger partial charge in [-0.05, 0) is 40.3 Å². The van der Waals surface area contributed by atoms with E-state index >= 15 is 0 Å². The standard InChI is InChI=1S/C9H11N3S2/c10-8-5-9(14-12-8)11-3-1-7-2-4-13-6-7/h2,4-6,11H,1,3H2,(H2,10,12). The van der Waals surface area contributed by atoms with Gasteiger partial charge in [0.2, 0.25) is 0 Å². The quantitative estimate of drug-likeness (QED) is 0.840. The largest absolute Gasteiger partial charge is 0.383 e. The van der Waals surface area contributed by atoms with Crippen LogP contribution < -0.4 is 11.1 Å². The van der Waals surface area contributed by atoms with Gasteiger partial charge >= 0.3 is 0 Å². The first-order valence-electron chi connectivity index (χ1n) is 4.32. The topological polar surface area (TPSA) is 50.9 Å². The number of thiophene rings is 1. The van der Waals surface area contributed by atoms with Crippen LogP contribution in [0.5, 0.6) is 0 Å². The lowest BCUT2D eigenvalue weighted by molar-refractivity contribution is 1.03. The SMILES string of the molecule is Nc1cc(NCCc2ccsc2)sn1. The molecule has 74 valence electrons. The average Bonchev–Trinajstić information content (AvgIpc) is 2.77. The summed E-state index contributed by atoms with van der Waals surface area (Å²) < 4.78 is 3.99. The minimum atomic E-state index is 0.591. The van der Waals surface area contributed by atoms with Crippen molar-refractivity contribution in [3.05, 3.63) is 28.5 Å². The molecule has 0 radical (unpaired) electrons. The van der Waals surface area contributed by atoms with E-state index in [0.717, 1.165) is 18.0 Å². The fraction of sp³-hybridized carbons (Fsp3) is 0.222. The Labute approximate surface area is 90.7 Å². The van der Waals surface area contributed by atoms with E-state index in [1.807, 2.05) is 6.07 Å². The van der Waals surface area contributed by atoms with Gasteiger partial charge in [0, 0.05) is 12.6 Å². The number of nitrogens with two attached hydrogens (primary N) is 1. The molecule has 0 amide bonds. The highest BCUT2D eigenvalue weighted by Crippen LogP contribution is 2.17. The zero-order valence-electron chi connectivity index (χ0n) is 7.56. The van der Waals surface area contributed by atoms with Gasteiger partial charge in [-0.2, -0.15) is 15.7 Å². The van der Waals surface area contributed by atoms with Crippen molar-refractivity contribution in [3.8, 4) is 0 Å². The average molecular weight is 225 g/mol. The molecule has 0 saturated heterocycles. The van der Waals surface area contributed by atoms with Crippen LogP contribution in [0, 0.1) is 0 Å². The van der Waals surface area contributed by atoms with Gasteiger partial charge in [0.05, 0.1) is 0 Å². The summed E-state index contributed by atoms with van der Waals surface area (Å²) in [5, 5.41) is 8.59. The van der Waals surface area contributed by atoms with Crippen molar-refractivity contribution >= 4 is 33.7 Å². The van der Waals surface area contributed by atoms with Gasteiger partial charge in [0.1, 0.15) is 10.8 Å². The number of nitrogen functional groups attached to an aromatic ring is 1. The fourth-order valence-corrected chi connectivity index (χ4v) is 2.44. The van der Waals surface area contributed by atoms with Gasteiger partial charge in [0.15, 0.2) is 0 Å². The van der Waals surface area contributed by atoms with Crippen molar-refractivity contribution in [2.75, 3.05) is 17.6 Å². The van der Waals surface area contributed by atoms with E-state index in [1.54, 1.807) is 11.3 Å². The van der Waals surface area contributed by atoms with Crippen LogP contribution in [0.3, 0.4) is 0 Å². The Bertz CT molecular complexity index is 380. The molecule has 3 nitrogen and oxygen atoms in total. The van der Waals surface area contributed by atoms with Gasteiger partial charge in [-0.15, -0.1) is 0 Å². The maximum absolute atomic E-state index is 5.51. The third kappa shape index (κ3) is 2.46. The molecule has 0 atom stereocenters. The second-order valence-electron chi connectivity index (χ2n) is 2.92. The number of nitrogens with zero attached hydrogens (tertiary/aromatic N) is 1. The first-order valence-corrected chi connectivity index (χ1v) is 6.03. The molecule has 0 aliphatic carbocycles. The summed E-state index contributed by atoms with van der Waals surface area (Å²) in [5.41, 5.74) is 6.88. The summed E-state index contributed by atoms with van der Waals surface area (Å²) in [5.74, 6) is 0.591. The lowest BCUT2D eigenvalue weighted by Crippen LogP contribution is -2.02. The first kappa shape index (κ1) is 9.48. The van der Waals surface area contributed by atoms with Crippen LogP contribution >= 0.6 is 22.9 Å². The minimum absolute atomic E-state index is 0.591. The Morgan fingerprint density at radius 1 is 1.50 bits per heavy atom. The Kier molecular flexibility index (Phi) is 3.00. The minimum Gasteiger partial charge on any atom is -0.383 e. The van der Waals surface area contributed by atoms with Gasteiger partial charge < -0.3 is 11.1 Å². The number of hydrogen-bond acceptors (Lipinski definition) is 5. The molecule has 2 heterocycles. The Hall–Kier alpha value is -1.07. The molecule has 0 saturated carbocycles. The highest BCUT2D eigenvalue weighted by atomic mass is 32.1. The zero-order chi connectivity index (χ0) is 9.80. The van der Waals surface area contributed by atoms with E-state index in [4.69, 9.17) is 5.73 Å². The van der Waals surface area contributed by atoms with Gasteiger partial charge in [-0.25, -0.2) is 0 Å². The Morgan fingerprint density at radius 3 is 3.07 bits per heavy atom. The molecule has 14 heavy (non-hydrogen) atoms. The van der Waals surface area contributed by atoms with Crippen LogP contribution in [0.2, 0.25) is 0 Å². The molecular formula is C9H11N3S2. The highest BCUT2D eigenvalue weighted by Gasteiger charge is 1.97. The predicted octanol–water partition coefficient (Wildman–Crippen LogP) is 2.44. The maximum Gasteiger partial charge on any atom is 0.139 e. The monoisotopic (exact) mass is 225 g/mol. The molecular weight excluding hydrogens is 214 g/mol. The van der Waals surface area contributed by atoms with Gasteiger partial charge in [0.25, 0.3) is 0 Å². The number of nitrogens with one attached hydrogen (secondary N) is 1. The number of anilines is 2. The predicted molar refractivity (Wildman–Crippen MR) is 63.0 cm³/mol. The van der Waals surface area contributed by atoms with Crippen LogP contribution in [0.15, 0.2) is 22.9 Å². The first-order chi connectivity index (χ1) is 6.84. The molecule has 0 bridgehead atoms. The molecule has 2 aromatic heterocycles. The molecule has 0 aromatic carbocycles. The molecule has 0 aliphatic heterocycles. The fourth-order valence-electron chi connectivity index (χ4n) is 1.14. The second kappa shape index (κ2) is 4.43. The lowest BCUT2D eigenvalue weighted by Gasteiger charge is -2.00. The van der Waals surface area contributed by atoms with Crippen LogP contribution in [0.1, 0.15) is 5.56 Å². The molecule has 0 unspecified atom stereocenters. The number of rotatable bonds is 4. The molecule has 0 spiro atoms. The maximum atomic E-state index is 5.51. The molecule has 2 rings (SSSR count). The normalized spacial score (nSPS) is 10.3. The summed E-state index contributed by atoms with van der Waals surface area (Å²) in [7, 11) is 0. The summed E-state index contributed by atoms with van der Waals surface area (Å²) >= 11 is 3.14.